The molecule has 1 fully saturated rings. The van der Waals surface area contributed by atoms with Crippen molar-refractivity contribution >= 4 is 22.8 Å². The molecule has 2 aromatic heterocycles. The number of carboxylic acids is 1. The van der Waals surface area contributed by atoms with Crippen LogP contribution in [0.5, 0.6) is 0 Å². The Morgan fingerprint density at radius 3 is 3.00 bits per heavy atom. The number of aryl methyl sites for hydroxylation is 1. The Bertz CT molecular complexity index is 1010. The summed E-state index contributed by atoms with van der Waals surface area (Å²) >= 11 is 0. The molecule has 0 spiro atoms. The Kier molecular flexibility index (Phi) is 4.39. The molecule has 1 aromatic carbocycles. The molecule has 1 aliphatic heterocycles. The lowest BCUT2D eigenvalue weighted by molar-refractivity contribution is -0.132. The highest BCUT2D eigenvalue weighted by atomic mass is 16.4. The van der Waals surface area contributed by atoms with Crippen LogP contribution in [0.1, 0.15) is 40.5 Å². The highest BCUT2D eigenvalue weighted by Gasteiger charge is 2.26. The van der Waals surface area contributed by atoms with Crippen LogP contribution in [-0.4, -0.2) is 55.0 Å². The van der Waals surface area contributed by atoms with E-state index in [1.807, 2.05) is 36.2 Å². The number of H-pyrrole nitrogens is 1. The van der Waals surface area contributed by atoms with Gasteiger partial charge in [0, 0.05) is 30.2 Å². The molecule has 4 rings (SSSR count). The van der Waals surface area contributed by atoms with E-state index in [1.165, 1.54) is 6.20 Å². The zero-order valence-corrected chi connectivity index (χ0v) is 15.1. The van der Waals surface area contributed by atoms with Crippen LogP contribution >= 0.6 is 0 Å². The van der Waals surface area contributed by atoms with Crippen LogP contribution in [0.15, 0.2) is 30.6 Å². The van der Waals surface area contributed by atoms with Crippen molar-refractivity contribution < 1.29 is 14.7 Å². The van der Waals surface area contributed by atoms with E-state index < -0.39 is 5.97 Å². The number of likely N-dealkylation sites (tertiary alicyclic amines) is 1. The second-order valence-electron chi connectivity index (χ2n) is 7.01. The molecule has 8 nitrogen and oxygen atoms in total. The third-order valence-corrected chi connectivity index (χ3v) is 5.20. The van der Waals surface area contributed by atoms with E-state index in [4.69, 9.17) is 5.11 Å². The summed E-state index contributed by atoms with van der Waals surface area (Å²) in [7, 11) is 0. The lowest BCUT2D eigenvalue weighted by atomic mass is 10.0. The number of benzene rings is 1. The van der Waals surface area contributed by atoms with Crippen LogP contribution < -0.4 is 0 Å². The Balaban J connectivity index is 1.48. The van der Waals surface area contributed by atoms with Crippen molar-refractivity contribution in [3.63, 3.8) is 0 Å². The van der Waals surface area contributed by atoms with Crippen LogP contribution in [0.4, 0.5) is 0 Å². The summed E-state index contributed by atoms with van der Waals surface area (Å²) in [5.74, 6) is -1.03. The first-order valence-electron chi connectivity index (χ1n) is 9.01. The predicted octanol–water partition coefficient (Wildman–Crippen LogP) is 2.17. The van der Waals surface area contributed by atoms with E-state index in [9.17, 15) is 9.59 Å². The summed E-state index contributed by atoms with van der Waals surface area (Å²) in [6.45, 7) is 3.27. The van der Waals surface area contributed by atoms with Gasteiger partial charge in [0.1, 0.15) is 0 Å². The molecule has 0 radical (unpaired) electrons. The summed E-state index contributed by atoms with van der Waals surface area (Å²) in [4.78, 5) is 29.0. The fourth-order valence-electron chi connectivity index (χ4n) is 3.74. The van der Waals surface area contributed by atoms with Crippen LogP contribution in [0.3, 0.4) is 0 Å². The van der Waals surface area contributed by atoms with Crippen LogP contribution in [-0.2, 0) is 11.2 Å². The van der Waals surface area contributed by atoms with Crippen LogP contribution in [0.25, 0.3) is 10.9 Å². The molecule has 1 aliphatic rings. The molecular formula is C19H21N5O3. The zero-order valence-electron chi connectivity index (χ0n) is 15.1. The van der Waals surface area contributed by atoms with Gasteiger partial charge >= 0.3 is 5.97 Å². The molecule has 27 heavy (non-hydrogen) atoms. The first-order chi connectivity index (χ1) is 13.0. The van der Waals surface area contributed by atoms with Crippen molar-refractivity contribution in [1.82, 2.24) is 24.9 Å². The minimum absolute atomic E-state index is 0.0477. The second-order valence-corrected chi connectivity index (χ2v) is 7.01. The van der Waals surface area contributed by atoms with Crippen molar-refractivity contribution in [2.45, 2.75) is 32.2 Å². The number of para-hydroxylation sites is 1. The standard InChI is InChI=1S/C19H21N5O3/c1-12-4-2-6-15-13(9-20-18(12)15)8-17(25)23-7-3-5-14(10-23)24-11-16(19(26)27)21-22-24/h2,4,6,9,11,14,20H,3,5,7-8,10H2,1H3,(H,26,27)/t14-/m0/s1. The van der Waals surface area contributed by atoms with Gasteiger partial charge < -0.3 is 15.0 Å². The average molecular weight is 367 g/mol. The van der Waals surface area contributed by atoms with Gasteiger partial charge in [0.05, 0.1) is 18.7 Å². The number of carboxylic acid groups (broad SMARTS) is 1. The summed E-state index contributed by atoms with van der Waals surface area (Å²) in [5, 5.41) is 17.7. The van der Waals surface area contributed by atoms with Crippen molar-refractivity contribution in [2.75, 3.05) is 13.1 Å². The molecule has 3 aromatic rings. The van der Waals surface area contributed by atoms with Crippen molar-refractivity contribution in [3.8, 4) is 0 Å². The average Bonchev–Trinajstić information content (AvgIpc) is 3.30. The Morgan fingerprint density at radius 1 is 1.37 bits per heavy atom. The zero-order chi connectivity index (χ0) is 19.0. The highest BCUT2D eigenvalue weighted by molar-refractivity contribution is 5.90. The van der Waals surface area contributed by atoms with Crippen molar-refractivity contribution in [2.24, 2.45) is 0 Å². The van der Waals surface area contributed by atoms with Gasteiger partial charge in [-0.15, -0.1) is 5.10 Å². The molecule has 3 heterocycles. The molecule has 0 saturated carbocycles. The van der Waals surface area contributed by atoms with Gasteiger partial charge in [-0.25, -0.2) is 9.48 Å². The van der Waals surface area contributed by atoms with E-state index in [0.29, 0.717) is 19.5 Å². The molecular weight excluding hydrogens is 346 g/mol. The number of aromatic carboxylic acids is 1. The number of piperidine rings is 1. The molecule has 0 bridgehead atoms. The number of carbonyl (C=O) groups is 2. The number of hydrogen-bond acceptors (Lipinski definition) is 4. The smallest absolute Gasteiger partial charge is 0.358 e. The van der Waals surface area contributed by atoms with Crippen LogP contribution in [0.2, 0.25) is 0 Å². The lowest BCUT2D eigenvalue weighted by Crippen LogP contribution is -2.41. The lowest BCUT2D eigenvalue weighted by Gasteiger charge is -2.32. The first kappa shape index (κ1) is 17.3. The van der Waals surface area contributed by atoms with Gasteiger partial charge in [-0.3, -0.25) is 4.79 Å². The van der Waals surface area contributed by atoms with Gasteiger partial charge in [-0.2, -0.15) is 0 Å². The molecule has 1 atom stereocenters. The van der Waals surface area contributed by atoms with E-state index in [0.717, 1.165) is 34.9 Å². The third kappa shape index (κ3) is 3.30. The minimum Gasteiger partial charge on any atom is -0.476 e. The van der Waals surface area contributed by atoms with Gasteiger partial charge in [0.25, 0.3) is 0 Å². The number of fused-ring (bicyclic) bond motifs is 1. The Labute approximate surface area is 155 Å². The summed E-state index contributed by atoms with van der Waals surface area (Å²) in [6, 6.07) is 6.03. The van der Waals surface area contributed by atoms with E-state index in [1.54, 1.807) is 4.68 Å². The second kappa shape index (κ2) is 6.86. The molecule has 1 saturated heterocycles. The number of rotatable bonds is 4. The molecule has 1 amide bonds. The van der Waals surface area contributed by atoms with Crippen LogP contribution in [0, 0.1) is 6.92 Å². The van der Waals surface area contributed by atoms with Gasteiger partial charge in [-0.05, 0) is 30.9 Å². The molecule has 2 N–H and O–H groups in total. The number of hydrogen-bond donors (Lipinski definition) is 2. The van der Waals surface area contributed by atoms with E-state index in [2.05, 4.69) is 15.3 Å². The number of carbonyl (C=O) groups excluding carboxylic acids is 1. The van der Waals surface area contributed by atoms with Gasteiger partial charge in [0.15, 0.2) is 5.69 Å². The normalized spacial score (nSPS) is 17.4. The largest absolute Gasteiger partial charge is 0.476 e. The number of aromatic amines is 1. The maximum absolute atomic E-state index is 12.9. The summed E-state index contributed by atoms with van der Waals surface area (Å²) in [5.41, 5.74) is 3.15. The topological polar surface area (TPSA) is 104 Å². The van der Waals surface area contributed by atoms with E-state index >= 15 is 0 Å². The molecule has 140 valence electrons. The fourth-order valence-corrected chi connectivity index (χ4v) is 3.74. The predicted molar refractivity (Wildman–Crippen MR) is 98.6 cm³/mol. The molecule has 8 heteroatoms. The molecule has 0 aliphatic carbocycles. The Hall–Kier alpha value is -3.16. The quantitative estimate of drug-likeness (QED) is 0.735. The summed E-state index contributed by atoms with van der Waals surface area (Å²) < 4.78 is 1.57. The van der Waals surface area contributed by atoms with E-state index in [-0.39, 0.29) is 17.6 Å². The summed E-state index contributed by atoms with van der Waals surface area (Å²) in [6.07, 6.45) is 5.38. The number of amides is 1. The SMILES string of the molecule is Cc1cccc2c(CC(=O)N3CCC[C@H](n4cc(C(=O)O)nn4)C3)c[nH]c12. The van der Waals surface area contributed by atoms with Crippen molar-refractivity contribution in [3.05, 3.63) is 47.4 Å². The first-order valence-corrected chi connectivity index (χ1v) is 9.01. The maximum atomic E-state index is 12.9. The maximum Gasteiger partial charge on any atom is 0.358 e. The molecule has 0 unspecified atom stereocenters. The van der Waals surface area contributed by atoms with Gasteiger partial charge in [-0.1, -0.05) is 23.4 Å². The Morgan fingerprint density at radius 2 is 2.22 bits per heavy atom. The number of aromatic nitrogens is 4. The number of nitrogens with one attached hydrogen (secondary N) is 1. The highest BCUT2D eigenvalue weighted by Crippen LogP contribution is 2.24. The van der Waals surface area contributed by atoms with Crippen molar-refractivity contribution in [1.29, 1.82) is 0 Å². The number of nitrogens with zero attached hydrogens (tertiary/aromatic N) is 4. The minimum atomic E-state index is -1.10. The third-order valence-electron chi connectivity index (χ3n) is 5.20. The fraction of sp³-hybridized carbons (Fsp3) is 0.368. The van der Waals surface area contributed by atoms with Gasteiger partial charge in [0.2, 0.25) is 5.91 Å². The monoisotopic (exact) mass is 367 g/mol.